The highest BCUT2D eigenvalue weighted by atomic mass is 16.4. The first-order chi connectivity index (χ1) is 18.7. The number of nitrogens with zero attached hydrogens (tertiary/aromatic N) is 3. The molecular formula is C33H35N3O2. The van der Waals surface area contributed by atoms with Gasteiger partial charge in [-0.3, -0.25) is 4.90 Å². The van der Waals surface area contributed by atoms with E-state index in [1.807, 2.05) is 6.07 Å². The molecule has 0 radical (unpaired) electrons. The maximum atomic E-state index is 11.9. The average Bonchev–Trinajstić information content (AvgIpc) is 3.65. The molecule has 2 aliphatic heterocycles. The number of likely N-dealkylation sites (tertiary alicyclic amines) is 1. The molecule has 5 nitrogen and oxygen atoms in total. The highest BCUT2D eigenvalue weighted by molar-refractivity contribution is 6.03. The van der Waals surface area contributed by atoms with E-state index in [4.69, 9.17) is 0 Å². The lowest BCUT2D eigenvalue weighted by molar-refractivity contribution is 0.0697. The molecule has 2 aromatic heterocycles. The minimum atomic E-state index is -0.861. The van der Waals surface area contributed by atoms with Crippen LogP contribution in [-0.4, -0.2) is 44.7 Å². The largest absolute Gasteiger partial charge is 0.478 e. The predicted octanol–water partition coefficient (Wildman–Crippen LogP) is 6.86. The van der Waals surface area contributed by atoms with Crippen LogP contribution in [0.25, 0.3) is 33.1 Å². The highest BCUT2D eigenvalue weighted by Gasteiger charge is 2.29. The van der Waals surface area contributed by atoms with Crippen LogP contribution in [0.1, 0.15) is 78.8 Å². The van der Waals surface area contributed by atoms with Gasteiger partial charge in [-0.25, -0.2) is 4.79 Å². The molecule has 2 fully saturated rings. The molecule has 3 aliphatic rings. The smallest absolute Gasteiger partial charge is 0.335 e. The van der Waals surface area contributed by atoms with Gasteiger partial charge in [0.05, 0.1) is 28.9 Å². The minimum Gasteiger partial charge on any atom is -0.478 e. The van der Waals surface area contributed by atoms with E-state index in [0.717, 1.165) is 37.1 Å². The fraction of sp³-hybridized carbons (Fsp3) is 0.424. The van der Waals surface area contributed by atoms with Gasteiger partial charge in [0.2, 0.25) is 0 Å². The molecule has 0 bridgehead atoms. The van der Waals surface area contributed by atoms with Gasteiger partial charge in [0.1, 0.15) is 0 Å². The van der Waals surface area contributed by atoms with Crippen molar-refractivity contribution in [2.75, 3.05) is 19.6 Å². The Balaban J connectivity index is 1.44. The van der Waals surface area contributed by atoms with Gasteiger partial charge in [-0.1, -0.05) is 55.4 Å². The van der Waals surface area contributed by atoms with Crippen molar-refractivity contribution in [3.63, 3.8) is 0 Å². The van der Waals surface area contributed by atoms with Gasteiger partial charge >= 0.3 is 5.97 Å². The van der Waals surface area contributed by atoms with E-state index in [2.05, 4.69) is 56.3 Å². The third-order valence-electron chi connectivity index (χ3n) is 9.02. The van der Waals surface area contributed by atoms with Crippen LogP contribution in [0.2, 0.25) is 0 Å². The van der Waals surface area contributed by atoms with Gasteiger partial charge in [0.25, 0.3) is 0 Å². The molecule has 0 unspecified atom stereocenters. The maximum absolute atomic E-state index is 11.9. The Bertz CT molecular complexity index is 1600. The molecule has 7 rings (SSSR count). The molecule has 4 aromatic rings. The molecule has 1 aliphatic carbocycles. The minimum absolute atomic E-state index is 0.368. The summed E-state index contributed by atoms with van der Waals surface area (Å²) in [4.78, 5) is 14.4. The molecule has 0 spiro atoms. The van der Waals surface area contributed by atoms with Gasteiger partial charge < -0.3 is 14.2 Å². The van der Waals surface area contributed by atoms with Crippen LogP contribution in [0, 0.1) is 11.8 Å². The zero-order valence-corrected chi connectivity index (χ0v) is 22.0. The second-order valence-corrected chi connectivity index (χ2v) is 11.4. The quantitative estimate of drug-likeness (QED) is 0.310. The number of carboxylic acid groups (broad SMARTS) is 1. The summed E-state index contributed by atoms with van der Waals surface area (Å²) in [7, 11) is 0. The van der Waals surface area contributed by atoms with E-state index in [9.17, 15) is 9.90 Å². The SMILES string of the molecule is O=C(O)c1ccc2c(C3CCCCC3)c3n(c2c1)CCCn1cc(C#CCN2CCCC2)c2cccc-3c21. The van der Waals surface area contributed by atoms with Crippen molar-refractivity contribution in [2.45, 2.75) is 70.4 Å². The van der Waals surface area contributed by atoms with Crippen LogP contribution in [0.4, 0.5) is 0 Å². The Hall–Kier alpha value is -3.49. The van der Waals surface area contributed by atoms with E-state index < -0.39 is 5.97 Å². The van der Waals surface area contributed by atoms with Crippen LogP contribution in [0.5, 0.6) is 0 Å². The Morgan fingerprint density at radius 2 is 1.76 bits per heavy atom. The van der Waals surface area contributed by atoms with Crippen LogP contribution >= 0.6 is 0 Å². The van der Waals surface area contributed by atoms with Crippen molar-refractivity contribution < 1.29 is 9.90 Å². The molecule has 1 saturated carbocycles. The molecule has 5 heteroatoms. The first-order valence-electron chi connectivity index (χ1n) is 14.4. The predicted molar refractivity (Wildman–Crippen MR) is 153 cm³/mol. The number of hydrogen-bond donors (Lipinski definition) is 1. The summed E-state index contributed by atoms with van der Waals surface area (Å²) >= 11 is 0. The van der Waals surface area contributed by atoms with Crippen LogP contribution in [-0.2, 0) is 13.1 Å². The number of carboxylic acids is 1. The van der Waals surface area contributed by atoms with Gasteiger partial charge in [-0.2, -0.15) is 0 Å². The van der Waals surface area contributed by atoms with Gasteiger partial charge in [-0.05, 0) is 68.8 Å². The van der Waals surface area contributed by atoms with Crippen LogP contribution in [0.15, 0.2) is 42.6 Å². The number of aromatic carboxylic acids is 1. The third-order valence-corrected chi connectivity index (χ3v) is 9.02. The molecule has 38 heavy (non-hydrogen) atoms. The van der Waals surface area contributed by atoms with Gasteiger partial charge in [0, 0.05) is 41.1 Å². The van der Waals surface area contributed by atoms with Gasteiger partial charge in [0.15, 0.2) is 0 Å². The maximum Gasteiger partial charge on any atom is 0.335 e. The lowest BCUT2D eigenvalue weighted by Crippen LogP contribution is -2.18. The molecule has 2 aromatic carbocycles. The van der Waals surface area contributed by atoms with E-state index in [1.54, 1.807) is 6.07 Å². The molecule has 0 amide bonds. The third kappa shape index (κ3) is 3.94. The number of aryl methyl sites for hydroxylation is 2. The van der Waals surface area contributed by atoms with Crippen LogP contribution < -0.4 is 0 Å². The van der Waals surface area contributed by atoms with Crippen molar-refractivity contribution in [3.8, 4) is 23.1 Å². The Morgan fingerprint density at radius 1 is 0.921 bits per heavy atom. The highest BCUT2D eigenvalue weighted by Crippen LogP contribution is 2.46. The number of fused-ring (bicyclic) bond motifs is 4. The summed E-state index contributed by atoms with van der Waals surface area (Å²) in [5.74, 6) is 6.65. The molecule has 1 saturated heterocycles. The first-order valence-corrected chi connectivity index (χ1v) is 14.4. The number of aromatic nitrogens is 2. The molecule has 4 heterocycles. The van der Waals surface area contributed by atoms with Crippen molar-refractivity contribution in [3.05, 3.63) is 59.3 Å². The van der Waals surface area contributed by atoms with Crippen molar-refractivity contribution in [1.29, 1.82) is 0 Å². The normalized spacial score (nSPS) is 18.2. The summed E-state index contributed by atoms with van der Waals surface area (Å²) in [5, 5.41) is 12.2. The zero-order valence-electron chi connectivity index (χ0n) is 22.0. The fourth-order valence-electron chi connectivity index (χ4n) is 7.25. The second kappa shape index (κ2) is 9.67. The van der Waals surface area contributed by atoms with E-state index in [-0.39, 0.29) is 0 Å². The second-order valence-electron chi connectivity index (χ2n) is 11.4. The molecule has 194 valence electrons. The summed E-state index contributed by atoms with van der Waals surface area (Å²) < 4.78 is 4.87. The summed E-state index contributed by atoms with van der Waals surface area (Å²) in [5.41, 5.74) is 7.84. The Kier molecular flexibility index (Phi) is 6.01. The number of para-hydroxylation sites is 1. The van der Waals surface area contributed by atoms with Gasteiger partial charge in [-0.15, -0.1) is 0 Å². The average molecular weight is 506 g/mol. The topological polar surface area (TPSA) is 50.4 Å². The zero-order chi connectivity index (χ0) is 25.6. The molecule has 0 atom stereocenters. The molecular weight excluding hydrogens is 470 g/mol. The lowest BCUT2D eigenvalue weighted by atomic mass is 9.81. The Labute approximate surface area is 224 Å². The number of hydrogen-bond acceptors (Lipinski definition) is 2. The number of rotatable bonds is 3. The van der Waals surface area contributed by atoms with E-state index in [0.29, 0.717) is 11.5 Å². The lowest BCUT2D eigenvalue weighted by Gasteiger charge is -2.25. The monoisotopic (exact) mass is 505 g/mol. The standard InChI is InChI=1S/C33H35N3O2/c37-33(38)24-14-15-27-29(21-24)36-20-8-19-35-22-25(11-7-18-34-16-4-5-17-34)26-12-6-13-28(31(26)35)32(36)30(27)23-9-2-1-3-10-23/h6,12-15,21-23H,1-5,8-10,16-20H2,(H,37,38). The number of benzene rings is 2. The summed E-state index contributed by atoms with van der Waals surface area (Å²) in [6.07, 6.45) is 12.1. The Morgan fingerprint density at radius 3 is 2.58 bits per heavy atom. The summed E-state index contributed by atoms with van der Waals surface area (Å²) in [6.45, 7) is 4.99. The van der Waals surface area contributed by atoms with Crippen molar-refractivity contribution >= 4 is 27.8 Å². The van der Waals surface area contributed by atoms with Crippen molar-refractivity contribution in [1.82, 2.24) is 14.0 Å². The van der Waals surface area contributed by atoms with E-state index >= 15 is 0 Å². The molecule has 1 N–H and O–H groups in total. The fourth-order valence-corrected chi connectivity index (χ4v) is 7.25. The summed E-state index contributed by atoms with van der Waals surface area (Å²) in [6, 6.07) is 12.5. The first kappa shape index (κ1) is 23.6. The van der Waals surface area contributed by atoms with E-state index in [1.165, 1.54) is 91.1 Å². The number of carbonyl (C=O) groups is 1. The van der Waals surface area contributed by atoms with Crippen molar-refractivity contribution in [2.24, 2.45) is 0 Å². The van der Waals surface area contributed by atoms with Crippen LogP contribution in [0.3, 0.4) is 0 Å².